The highest BCUT2D eigenvalue weighted by atomic mass is 16.5. The summed E-state index contributed by atoms with van der Waals surface area (Å²) in [5, 5.41) is 14.9. The largest absolute Gasteiger partial charge is 0.481 e. The van der Waals surface area contributed by atoms with Gasteiger partial charge in [-0.3, -0.25) is 9.59 Å². The molecule has 2 fully saturated rings. The van der Waals surface area contributed by atoms with Crippen molar-refractivity contribution in [1.82, 2.24) is 10.6 Å². The summed E-state index contributed by atoms with van der Waals surface area (Å²) in [5.74, 6) is 0.357. The molecule has 0 unspecified atom stereocenters. The van der Waals surface area contributed by atoms with E-state index in [2.05, 4.69) is 22.8 Å². The molecule has 1 amide bonds. The Morgan fingerprint density at radius 3 is 2.63 bits per heavy atom. The summed E-state index contributed by atoms with van der Waals surface area (Å²) in [6.07, 6.45) is 11.1. The fourth-order valence-electron chi connectivity index (χ4n) is 4.67. The third-order valence-corrected chi connectivity index (χ3v) is 6.20. The lowest BCUT2D eigenvalue weighted by Gasteiger charge is -2.27. The minimum atomic E-state index is -0.730. The number of allylic oxidation sites excluding steroid dienone is 2. The summed E-state index contributed by atoms with van der Waals surface area (Å²) in [6.45, 7) is 1.71. The molecule has 30 heavy (non-hydrogen) atoms. The average Bonchev–Trinajstić information content (AvgIpc) is 3.35. The Kier molecular flexibility index (Phi) is 8.90. The molecule has 3 N–H and O–H groups in total. The number of aliphatic carboxylic acids is 1. The maximum atomic E-state index is 12.0. The van der Waals surface area contributed by atoms with Gasteiger partial charge in [0.05, 0.1) is 18.8 Å². The fraction of sp³-hybridized carbons (Fsp3) is 0.583. The third kappa shape index (κ3) is 6.96. The fourth-order valence-corrected chi connectivity index (χ4v) is 4.67. The number of carbonyl (C=O) groups is 2. The van der Waals surface area contributed by atoms with E-state index in [1.807, 2.05) is 30.3 Å². The number of carboxylic acids is 1. The van der Waals surface area contributed by atoms with Crippen LogP contribution in [0.5, 0.6) is 0 Å². The Morgan fingerprint density at radius 2 is 1.87 bits per heavy atom. The number of ether oxygens (including phenoxy) is 1. The molecule has 1 aromatic carbocycles. The molecule has 2 aliphatic rings. The van der Waals surface area contributed by atoms with Crippen molar-refractivity contribution in [2.45, 2.75) is 63.7 Å². The number of unbranched alkanes of at least 4 members (excludes halogenated alkanes) is 1. The molecule has 0 radical (unpaired) electrons. The van der Waals surface area contributed by atoms with E-state index >= 15 is 0 Å². The van der Waals surface area contributed by atoms with E-state index in [-0.39, 0.29) is 12.3 Å². The summed E-state index contributed by atoms with van der Waals surface area (Å²) in [5.41, 5.74) is 1.10. The first-order valence-corrected chi connectivity index (χ1v) is 11.2. The second kappa shape index (κ2) is 11.9. The van der Waals surface area contributed by atoms with E-state index in [9.17, 15) is 9.59 Å². The molecular weight excluding hydrogens is 380 g/mol. The van der Waals surface area contributed by atoms with E-state index in [1.54, 1.807) is 0 Å². The lowest BCUT2D eigenvalue weighted by molar-refractivity contribution is -0.137. The van der Waals surface area contributed by atoms with Gasteiger partial charge in [0.15, 0.2) is 0 Å². The molecule has 0 saturated carbocycles. The first-order chi connectivity index (χ1) is 14.6. The minimum absolute atomic E-state index is 0.0175. The Labute approximate surface area is 179 Å². The SMILES string of the molecule is O=C(O)CCCC=CC[C@@H]1[C@@H](CCNCC(=O)NCc2ccccc2)[C@@H]2CC[C@H]1O2. The highest BCUT2D eigenvalue weighted by molar-refractivity contribution is 5.77. The summed E-state index contributed by atoms with van der Waals surface area (Å²) in [4.78, 5) is 22.6. The van der Waals surface area contributed by atoms with Crippen LogP contribution in [0.4, 0.5) is 0 Å². The zero-order valence-electron chi connectivity index (χ0n) is 17.6. The number of hydrogen-bond donors (Lipinski definition) is 3. The molecule has 6 heteroatoms. The molecule has 4 atom stereocenters. The summed E-state index contributed by atoms with van der Waals surface area (Å²) in [6, 6.07) is 9.92. The van der Waals surface area contributed by atoms with Gasteiger partial charge in [0.2, 0.25) is 5.91 Å². The first-order valence-electron chi connectivity index (χ1n) is 11.2. The average molecular weight is 415 g/mol. The van der Waals surface area contributed by atoms with Gasteiger partial charge >= 0.3 is 5.97 Å². The maximum Gasteiger partial charge on any atom is 0.303 e. The highest BCUT2D eigenvalue weighted by Crippen LogP contribution is 2.46. The van der Waals surface area contributed by atoms with E-state index in [1.165, 1.54) is 0 Å². The number of carboxylic acid groups (broad SMARTS) is 1. The summed E-state index contributed by atoms with van der Waals surface area (Å²) < 4.78 is 6.15. The normalized spacial score (nSPS) is 25.1. The maximum absolute atomic E-state index is 12.0. The number of nitrogens with one attached hydrogen (secondary N) is 2. The van der Waals surface area contributed by atoms with Crippen LogP contribution in [0.2, 0.25) is 0 Å². The molecular formula is C24H34N2O4. The second-order valence-corrected chi connectivity index (χ2v) is 8.34. The van der Waals surface area contributed by atoms with E-state index in [4.69, 9.17) is 9.84 Å². The van der Waals surface area contributed by atoms with Gasteiger partial charge in [-0.1, -0.05) is 42.5 Å². The third-order valence-electron chi connectivity index (χ3n) is 6.20. The van der Waals surface area contributed by atoms with Crippen LogP contribution in [-0.2, 0) is 20.9 Å². The predicted molar refractivity (Wildman–Crippen MR) is 116 cm³/mol. The molecule has 1 aromatic rings. The molecule has 6 nitrogen and oxygen atoms in total. The zero-order chi connectivity index (χ0) is 21.2. The summed E-state index contributed by atoms with van der Waals surface area (Å²) >= 11 is 0. The van der Waals surface area contributed by atoms with Gasteiger partial charge in [0.1, 0.15) is 0 Å². The van der Waals surface area contributed by atoms with Gasteiger partial charge in [-0.15, -0.1) is 0 Å². The Morgan fingerprint density at radius 1 is 1.10 bits per heavy atom. The van der Waals surface area contributed by atoms with Gasteiger partial charge < -0.3 is 20.5 Å². The van der Waals surface area contributed by atoms with Crippen molar-refractivity contribution in [1.29, 1.82) is 0 Å². The van der Waals surface area contributed by atoms with E-state index in [0.717, 1.165) is 44.2 Å². The predicted octanol–water partition coefficient (Wildman–Crippen LogP) is 3.28. The van der Waals surface area contributed by atoms with Crippen LogP contribution >= 0.6 is 0 Å². The van der Waals surface area contributed by atoms with Crippen LogP contribution in [0.15, 0.2) is 42.5 Å². The Bertz CT molecular complexity index is 706. The monoisotopic (exact) mass is 414 g/mol. The van der Waals surface area contributed by atoms with E-state index in [0.29, 0.717) is 43.6 Å². The molecule has 3 rings (SSSR count). The number of carbonyl (C=O) groups excluding carboxylic acids is 1. The van der Waals surface area contributed by atoms with Crippen LogP contribution in [0.1, 0.15) is 50.5 Å². The molecule has 0 spiro atoms. The van der Waals surface area contributed by atoms with Crippen LogP contribution in [0.25, 0.3) is 0 Å². The number of hydrogen-bond acceptors (Lipinski definition) is 4. The van der Waals surface area contributed by atoms with Crippen molar-refractivity contribution < 1.29 is 19.4 Å². The molecule has 2 heterocycles. The number of rotatable bonds is 13. The first kappa shape index (κ1) is 22.5. The lowest BCUT2D eigenvalue weighted by atomic mass is 9.76. The van der Waals surface area contributed by atoms with Crippen LogP contribution in [0, 0.1) is 11.8 Å². The van der Waals surface area contributed by atoms with Crippen molar-refractivity contribution in [3.05, 3.63) is 48.0 Å². The standard InChI is InChI=1S/C24H34N2O4/c27-23(26-16-18-8-4-3-5-9-18)17-25-15-14-20-19(21-12-13-22(20)30-21)10-6-1-2-7-11-24(28)29/h1,3-6,8-9,19-22,25H,2,7,10-17H2,(H,26,27)(H,28,29)/t19-,20-,21-,22+/m1/s1. The smallest absolute Gasteiger partial charge is 0.303 e. The Balaban J connectivity index is 1.32. The molecule has 2 aliphatic heterocycles. The van der Waals surface area contributed by atoms with Gasteiger partial charge in [-0.05, 0) is 62.5 Å². The van der Waals surface area contributed by atoms with Crippen LogP contribution in [0.3, 0.4) is 0 Å². The van der Waals surface area contributed by atoms with Crippen molar-refractivity contribution in [3.63, 3.8) is 0 Å². The minimum Gasteiger partial charge on any atom is -0.481 e. The molecule has 0 aromatic heterocycles. The quantitative estimate of drug-likeness (QED) is 0.341. The van der Waals surface area contributed by atoms with Crippen molar-refractivity contribution >= 4 is 11.9 Å². The van der Waals surface area contributed by atoms with Crippen molar-refractivity contribution in [2.24, 2.45) is 11.8 Å². The molecule has 2 saturated heterocycles. The van der Waals surface area contributed by atoms with Gasteiger partial charge in [0.25, 0.3) is 0 Å². The summed E-state index contributed by atoms with van der Waals surface area (Å²) in [7, 11) is 0. The Hall–Kier alpha value is -2.18. The van der Waals surface area contributed by atoms with Gasteiger partial charge in [0, 0.05) is 13.0 Å². The topological polar surface area (TPSA) is 87.7 Å². The highest BCUT2D eigenvalue weighted by Gasteiger charge is 2.47. The van der Waals surface area contributed by atoms with Crippen LogP contribution in [-0.4, -0.2) is 42.3 Å². The number of benzene rings is 1. The zero-order valence-corrected chi connectivity index (χ0v) is 17.6. The molecule has 2 bridgehead atoms. The molecule has 164 valence electrons. The second-order valence-electron chi connectivity index (χ2n) is 8.34. The van der Waals surface area contributed by atoms with Gasteiger partial charge in [-0.2, -0.15) is 0 Å². The van der Waals surface area contributed by atoms with Gasteiger partial charge in [-0.25, -0.2) is 0 Å². The van der Waals surface area contributed by atoms with Crippen molar-refractivity contribution in [3.8, 4) is 0 Å². The molecule has 0 aliphatic carbocycles. The van der Waals surface area contributed by atoms with E-state index < -0.39 is 5.97 Å². The number of fused-ring (bicyclic) bond motifs is 2. The number of amides is 1. The van der Waals surface area contributed by atoms with Crippen LogP contribution < -0.4 is 10.6 Å². The lowest BCUT2D eigenvalue weighted by Crippen LogP contribution is -2.36. The van der Waals surface area contributed by atoms with Crippen molar-refractivity contribution in [2.75, 3.05) is 13.1 Å².